The molecule has 0 bridgehead atoms. The van der Waals surface area contributed by atoms with Crippen molar-refractivity contribution in [3.8, 4) is 5.75 Å². The molecule has 0 saturated heterocycles. The van der Waals surface area contributed by atoms with Crippen LogP contribution in [0, 0.1) is 5.82 Å². The van der Waals surface area contributed by atoms with E-state index in [0.717, 1.165) is 27.5 Å². The molecule has 11 heteroatoms. The Hall–Kier alpha value is -3.57. The number of nitrogens with zero attached hydrogens (tertiary/aromatic N) is 2. The summed E-state index contributed by atoms with van der Waals surface area (Å²) in [6.45, 7) is 0. The van der Waals surface area contributed by atoms with Crippen LogP contribution in [-0.2, 0) is 17.2 Å². The first-order valence-electron chi connectivity index (χ1n) is 9.24. The van der Waals surface area contributed by atoms with E-state index in [1.54, 1.807) is 18.3 Å². The number of aromatic nitrogens is 2. The first kappa shape index (κ1) is 24.1. The number of pyridine rings is 2. The van der Waals surface area contributed by atoms with Crippen LogP contribution < -0.4 is 4.57 Å². The van der Waals surface area contributed by atoms with E-state index in [0.29, 0.717) is 5.52 Å². The van der Waals surface area contributed by atoms with Gasteiger partial charge in [-0.05, 0) is 42.0 Å². The van der Waals surface area contributed by atoms with Gasteiger partial charge in [0.1, 0.15) is 24.1 Å². The van der Waals surface area contributed by atoms with Crippen molar-refractivity contribution in [1.29, 1.82) is 0 Å². The van der Waals surface area contributed by atoms with E-state index in [1.807, 2.05) is 54.1 Å². The molecule has 6 nitrogen and oxygen atoms in total. The van der Waals surface area contributed by atoms with Crippen molar-refractivity contribution in [1.82, 2.24) is 4.98 Å². The van der Waals surface area contributed by atoms with Gasteiger partial charge in [0, 0.05) is 35.2 Å². The summed E-state index contributed by atoms with van der Waals surface area (Å²) >= 11 is 0. The van der Waals surface area contributed by atoms with Crippen molar-refractivity contribution >= 4 is 44.1 Å². The van der Waals surface area contributed by atoms with Gasteiger partial charge in [0.2, 0.25) is 11.2 Å². The van der Waals surface area contributed by atoms with Crippen LogP contribution in [0.15, 0.2) is 60.8 Å². The van der Waals surface area contributed by atoms with Crippen molar-refractivity contribution in [3.63, 3.8) is 0 Å². The number of phenols is 1. The molecule has 2 aromatic heterocycles. The van der Waals surface area contributed by atoms with E-state index >= 15 is 0 Å². The molecule has 0 aliphatic rings. The number of rotatable bonds is 2. The van der Waals surface area contributed by atoms with E-state index in [-0.39, 0.29) is 11.6 Å². The first-order chi connectivity index (χ1) is 15.4. The fraction of sp³-hybridized carbons (Fsp3) is 0.0909. The average Bonchev–Trinajstić information content (AvgIpc) is 2.74. The molecule has 0 radical (unpaired) electrons. The zero-order valence-electron chi connectivity index (χ0n) is 16.9. The minimum Gasteiger partial charge on any atom is -0.741 e. The van der Waals surface area contributed by atoms with E-state index in [2.05, 4.69) is 4.98 Å². The van der Waals surface area contributed by atoms with Gasteiger partial charge in [-0.15, -0.1) is 0 Å². The summed E-state index contributed by atoms with van der Waals surface area (Å²) in [6, 6.07) is 16.0. The number of phenolic OH excluding ortho intramolecular Hbond substituents is 1. The highest BCUT2D eigenvalue weighted by Gasteiger charge is 2.36. The predicted molar refractivity (Wildman–Crippen MR) is 113 cm³/mol. The van der Waals surface area contributed by atoms with Gasteiger partial charge in [0.05, 0.1) is 0 Å². The topological polar surface area (TPSA) is 94.2 Å². The molecular formula is C22H16F4N2O4S. The standard InChI is InChI=1S/C21H15FN2O.CHF3O3S/c1-24-17(10-6-15-4-8-16(22)13-19(15)24)9-5-14-7-11-20(25)21-18(14)3-2-12-23-21;2-1(3,4)8(5,6)7/h2-13H,1H3;(H,5,6,7). The van der Waals surface area contributed by atoms with Crippen molar-refractivity contribution in [2.75, 3.05) is 0 Å². The lowest BCUT2D eigenvalue weighted by Crippen LogP contribution is -2.32. The quantitative estimate of drug-likeness (QED) is 0.200. The highest BCUT2D eigenvalue weighted by Crippen LogP contribution is 2.26. The van der Waals surface area contributed by atoms with E-state index in [4.69, 9.17) is 13.0 Å². The zero-order valence-corrected chi connectivity index (χ0v) is 17.7. The van der Waals surface area contributed by atoms with Gasteiger partial charge < -0.3 is 9.66 Å². The molecule has 0 aliphatic carbocycles. The Morgan fingerprint density at radius 1 is 1.06 bits per heavy atom. The second kappa shape index (κ2) is 9.12. The van der Waals surface area contributed by atoms with Crippen molar-refractivity contribution in [2.24, 2.45) is 7.05 Å². The molecule has 0 atom stereocenters. The number of fused-ring (bicyclic) bond motifs is 2. The van der Waals surface area contributed by atoms with Gasteiger partial charge in [-0.25, -0.2) is 12.8 Å². The van der Waals surface area contributed by atoms with Crippen molar-refractivity contribution in [2.45, 2.75) is 5.51 Å². The molecule has 0 fully saturated rings. The van der Waals surface area contributed by atoms with Gasteiger partial charge in [0.25, 0.3) is 0 Å². The third kappa shape index (κ3) is 5.44. The highest BCUT2D eigenvalue weighted by molar-refractivity contribution is 7.86. The average molecular weight is 480 g/mol. The van der Waals surface area contributed by atoms with E-state index in [1.165, 1.54) is 12.1 Å². The Morgan fingerprint density at radius 3 is 2.39 bits per heavy atom. The Morgan fingerprint density at radius 2 is 1.73 bits per heavy atom. The van der Waals surface area contributed by atoms with E-state index < -0.39 is 15.6 Å². The minimum absolute atomic E-state index is 0.166. The van der Waals surface area contributed by atoms with Crippen molar-refractivity contribution in [3.05, 3.63) is 77.9 Å². The van der Waals surface area contributed by atoms with Gasteiger partial charge >= 0.3 is 5.51 Å². The maximum Gasteiger partial charge on any atom is 0.485 e. The molecule has 172 valence electrons. The first-order valence-corrected chi connectivity index (χ1v) is 10.6. The van der Waals surface area contributed by atoms with E-state index in [9.17, 15) is 22.7 Å². The monoisotopic (exact) mass is 480 g/mol. The molecule has 0 spiro atoms. The molecule has 0 unspecified atom stereocenters. The number of aromatic hydroxyl groups is 1. The zero-order chi connectivity index (χ0) is 24.4. The maximum absolute atomic E-state index is 13.5. The molecule has 1 N–H and O–H groups in total. The van der Waals surface area contributed by atoms with Gasteiger partial charge in [-0.1, -0.05) is 12.1 Å². The lowest BCUT2D eigenvalue weighted by atomic mass is 10.1. The third-order valence-corrected chi connectivity index (χ3v) is 5.24. The fourth-order valence-electron chi connectivity index (χ4n) is 3.04. The molecule has 0 saturated carbocycles. The van der Waals surface area contributed by atoms with Gasteiger partial charge in [-0.3, -0.25) is 4.98 Å². The number of hydrogen-bond donors (Lipinski definition) is 1. The van der Waals surface area contributed by atoms with Crippen molar-refractivity contribution < 1.29 is 40.2 Å². The number of aryl methyl sites for hydroxylation is 1. The molecule has 4 rings (SSSR count). The Bertz CT molecular complexity index is 1470. The smallest absolute Gasteiger partial charge is 0.485 e. The second-order valence-electron chi connectivity index (χ2n) is 6.83. The number of hydrogen-bond acceptors (Lipinski definition) is 5. The molecule has 2 aromatic carbocycles. The molecule has 33 heavy (non-hydrogen) atoms. The minimum atomic E-state index is -6.09. The normalized spacial score (nSPS) is 12.2. The van der Waals surface area contributed by atoms with Crippen LogP contribution in [0.3, 0.4) is 0 Å². The highest BCUT2D eigenvalue weighted by atomic mass is 32.2. The summed E-state index contributed by atoms with van der Waals surface area (Å²) in [5, 5.41) is 11.8. The largest absolute Gasteiger partial charge is 0.741 e. The number of benzene rings is 2. The molecule has 2 heterocycles. The van der Waals surface area contributed by atoms with Gasteiger partial charge in [-0.2, -0.15) is 17.7 Å². The number of alkyl halides is 3. The molecule has 0 amide bonds. The third-order valence-electron chi connectivity index (χ3n) is 4.67. The van der Waals surface area contributed by atoms with Crippen LogP contribution in [0.2, 0.25) is 0 Å². The summed E-state index contributed by atoms with van der Waals surface area (Å²) in [4.78, 5) is 4.23. The molecular weight excluding hydrogens is 464 g/mol. The molecule has 0 aliphatic heterocycles. The SMILES string of the molecule is C[n+]1c(C=Cc2ccc(O)c3ncccc23)ccc2ccc(F)cc21.O=S(=O)([O-])C(F)(F)F. The van der Waals surface area contributed by atoms with Crippen LogP contribution in [0.1, 0.15) is 11.3 Å². The summed E-state index contributed by atoms with van der Waals surface area (Å²) in [6.07, 6.45) is 5.61. The van der Waals surface area contributed by atoms with Gasteiger partial charge in [0.15, 0.2) is 10.1 Å². The summed E-state index contributed by atoms with van der Waals surface area (Å²) in [5.41, 5.74) is -2.33. The predicted octanol–water partition coefficient (Wildman–Crippen LogP) is 4.28. The summed E-state index contributed by atoms with van der Waals surface area (Å²) in [5.74, 6) is -0.0840. The summed E-state index contributed by atoms with van der Waals surface area (Å²) < 4.78 is 74.4. The Kier molecular flexibility index (Phi) is 6.65. The summed E-state index contributed by atoms with van der Waals surface area (Å²) in [7, 11) is -4.18. The fourth-order valence-corrected chi connectivity index (χ4v) is 3.04. The maximum atomic E-state index is 13.5. The number of halogens is 4. The Labute approximate surface area is 185 Å². The van der Waals surface area contributed by atoms with Crippen LogP contribution in [0.5, 0.6) is 5.75 Å². The second-order valence-corrected chi connectivity index (χ2v) is 8.20. The lowest BCUT2D eigenvalue weighted by Gasteiger charge is -2.08. The van der Waals surface area contributed by atoms with Crippen LogP contribution in [-0.4, -0.2) is 28.6 Å². The van der Waals surface area contributed by atoms with Crippen LogP contribution in [0.25, 0.3) is 34.0 Å². The lowest BCUT2D eigenvalue weighted by molar-refractivity contribution is -0.646. The molecule has 4 aromatic rings. The Balaban J connectivity index is 0.000000331. The van der Waals surface area contributed by atoms with Crippen LogP contribution in [0.4, 0.5) is 17.6 Å². The van der Waals surface area contributed by atoms with Crippen LogP contribution >= 0.6 is 0 Å².